The van der Waals surface area contributed by atoms with Crippen molar-refractivity contribution in [3.05, 3.63) is 0 Å². The molecule has 1 aliphatic rings. The molecule has 1 fully saturated rings. The molecule has 0 aromatic rings. The van der Waals surface area contributed by atoms with Crippen molar-refractivity contribution >= 4 is 17.7 Å². The van der Waals surface area contributed by atoms with Gasteiger partial charge in [0.05, 0.1) is 0 Å². The SMILES string of the molecule is CCC1CC(=O)N(CCNC(C)=O)C1=O. The predicted molar refractivity (Wildman–Crippen MR) is 53.8 cm³/mol. The number of hydrogen-bond donors (Lipinski definition) is 1. The summed E-state index contributed by atoms with van der Waals surface area (Å²) in [6, 6.07) is 0. The van der Waals surface area contributed by atoms with Crippen molar-refractivity contribution < 1.29 is 14.4 Å². The minimum Gasteiger partial charge on any atom is -0.355 e. The molecule has 1 rings (SSSR count). The molecular formula is C10H16N2O3. The molecule has 1 heterocycles. The van der Waals surface area contributed by atoms with Crippen molar-refractivity contribution in [1.82, 2.24) is 10.2 Å². The highest BCUT2D eigenvalue weighted by Crippen LogP contribution is 2.21. The van der Waals surface area contributed by atoms with E-state index in [0.29, 0.717) is 19.4 Å². The summed E-state index contributed by atoms with van der Waals surface area (Å²) in [5.74, 6) is -0.541. The maximum atomic E-state index is 11.6. The summed E-state index contributed by atoms with van der Waals surface area (Å²) in [6.07, 6.45) is 1.01. The Morgan fingerprint density at radius 1 is 1.53 bits per heavy atom. The van der Waals surface area contributed by atoms with E-state index in [1.807, 2.05) is 6.92 Å². The van der Waals surface area contributed by atoms with Crippen LogP contribution in [0, 0.1) is 5.92 Å². The highest BCUT2D eigenvalue weighted by Gasteiger charge is 2.36. The number of amides is 3. The lowest BCUT2D eigenvalue weighted by molar-refractivity contribution is -0.139. The summed E-state index contributed by atoms with van der Waals surface area (Å²) in [4.78, 5) is 34.9. The molecule has 0 bridgehead atoms. The lowest BCUT2D eigenvalue weighted by Gasteiger charge is -2.14. The van der Waals surface area contributed by atoms with Crippen molar-refractivity contribution in [2.45, 2.75) is 26.7 Å². The molecule has 84 valence electrons. The standard InChI is InChI=1S/C10H16N2O3/c1-3-8-6-9(14)12(10(8)15)5-4-11-7(2)13/h8H,3-6H2,1-2H3,(H,11,13). The van der Waals surface area contributed by atoms with Crippen molar-refractivity contribution in [3.63, 3.8) is 0 Å². The summed E-state index contributed by atoms with van der Waals surface area (Å²) >= 11 is 0. The van der Waals surface area contributed by atoms with Gasteiger partial charge in [-0.05, 0) is 6.42 Å². The second-order valence-corrected chi connectivity index (χ2v) is 3.68. The number of nitrogens with one attached hydrogen (secondary N) is 1. The van der Waals surface area contributed by atoms with Crippen LogP contribution in [0.25, 0.3) is 0 Å². The lowest BCUT2D eigenvalue weighted by atomic mass is 10.1. The van der Waals surface area contributed by atoms with E-state index < -0.39 is 0 Å². The van der Waals surface area contributed by atoms with Gasteiger partial charge in [-0.1, -0.05) is 6.92 Å². The molecule has 5 heteroatoms. The Balaban J connectivity index is 2.44. The minimum absolute atomic E-state index is 0.104. The first-order chi connectivity index (χ1) is 7.06. The third-order valence-corrected chi connectivity index (χ3v) is 2.54. The van der Waals surface area contributed by atoms with Crippen LogP contribution < -0.4 is 5.32 Å². The van der Waals surface area contributed by atoms with E-state index in [9.17, 15) is 14.4 Å². The van der Waals surface area contributed by atoms with Crippen LogP contribution in [0.3, 0.4) is 0 Å². The molecule has 1 aliphatic heterocycles. The third-order valence-electron chi connectivity index (χ3n) is 2.54. The molecule has 3 amide bonds. The second-order valence-electron chi connectivity index (χ2n) is 3.68. The van der Waals surface area contributed by atoms with Gasteiger partial charge in [-0.3, -0.25) is 19.3 Å². The van der Waals surface area contributed by atoms with Gasteiger partial charge in [-0.15, -0.1) is 0 Å². The van der Waals surface area contributed by atoms with E-state index in [4.69, 9.17) is 0 Å². The Bertz CT molecular complexity index is 288. The first-order valence-electron chi connectivity index (χ1n) is 5.15. The van der Waals surface area contributed by atoms with Crippen molar-refractivity contribution in [2.24, 2.45) is 5.92 Å². The van der Waals surface area contributed by atoms with Crippen LogP contribution in [-0.4, -0.2) is 35.7 Å². The molecule has 1 saturated heterocycles. The number of nitrogens with zero attached hydrogens (tertiary/aromatic N) is 1. The Morgan fingerprint density at radius 3 is 2.67 bits per heavy atom. The van der Waals surface area contributed by atoms with Gasteiger partial charge in [0.25, 0.3) is 0 Å². The molecule has 0 aliphatic carbocycles. The topological polar surface area (TPSA) is 66.5 Å². The van der Waals surface area contributed by atoms with E-state index in [0.717, 1.165) is 0 Å². The fourth-order valence-corrected chi connectivity index (χ4v) is 1.65. The van der Waals surface area contributed by atoms with E-state index >= 15 is 0 Å². The van der Waals surface area contributed by atoms with E-state index in [1.165, 1.54) is 11.8 Å². The van der Waals surface area contributed by atoms with Gasteiger partial charge in [-0.2, -0.15) is 0 Å². The first kappa shape index (κ1) is 11.7. The van der Waals surface area contributed by atoms with Crippen LogP contribution in [0.1, 0.15) is 26.7 Å². The molecule has 0 aromatic heterocycles. The van der Waals surface area contributed by atoms with Gasteiger partial charge in [0.2, 0.25) is 17.7 Å². The van der Waals surface area contributed by atoms with Crippen LogP contribution in [0.4, 0.5) is 0 Å². The summed E-state index contributed by atoms with van der Waals surface area (Å²) in [5.41, 5.74) is 0. The quantitative estimate of drug-likeness (QED) is 0.662. The zero-order chi connectivity index (χ0) is 11.4. The number of carbonyl (C=O) groups excluding carboxylic acids is 3. The molecule has 15 heavy (non-hydrogen) atoms. The largest absolute Gasteiger partial charge is 0.355 e. The van der Waals surface area contributed by atoms with Crippen LogP contribution in [0.2, 0.25) is 0 Å². The van der Waals surface area contributed by atoms with Crippen LogP contribution in [-0.2, 0) is 14.4 Å². The number of imide groups is 1. The molecule has 0 spiro atoms. The van der Waals surface area contributed by atoms with Gasteiger partial charge >= 0.3 is 0 Å². The number of hydrogen-bond acceptors (Lipinski definition) is 3. The second kappa shape index (κ2) is 4.91. The van der Waals surface area contributed by atoms with Gasteiger partial charge in [0.1, 0.15) is 0 Å². The average molecular weight is 212 g/mol. The van der Waals surface area contributed by atoms with Gasteiger partial charge in [0, 0.05) is 32.4 Å². The predicted octanol–water partition coefficient (Wildman–Crippen LogP) is -0.0924. The normalized spacial score (nSPS) is 20.9. The highest BCUT2D eigenvalue weighted by molar-refractivity contribution is 6.03. The summed E-state index contributed by atoms with van der Waals surface area (Å²) in [6.45, 7) is 3.92. The van der Waals surface area contributed by atoms with Crippen molar-refractivity contribution in [1.29, 1.82) is 0 Å². The summed E-state index contributed by atoms with van der Waals surface area (Å²) in [7, 11) is 0. The molecule has 0 radical (unpaired) electrons. The van der Waals surface area contributed by atoms with Crippen molar-refractivity contribution in [3.8, 4) is 0 Å². The number of carbonyl (C=O) groups is 3. The van der Waals surface area contributed by atoms with E-state index in [1.54, 1.807) is 0 Å². The van der Waals surface area contributed by atoms with Crippen LogP contribution in [0.5, 0.6) is 0 Å². The summed E-state index contributed by atoms with van der Waals surface area (Å²) in [5, 5.41) is 2.56. The van der Waals surface area contributed by atoms with Crippen molar-refractivity contribution in [2.75, 3.05) is 13.1 Å². The number of rotatable bonds is 4. The zero-order valence-corrected chi connectivity index (χ0v) is 9.08. The number of likely N-dealkylation sites (tertiary alicyclic amines) is 1. The monoisotopic (exact) mass is 212 g/mol. The average Bonchev–Trinajstić information content (AvgIpc) is 2.44. The first-order valence-corrected chi connectivity index (χ1v) is 5.15. The van der Waals surface area contributed by atoms with Gasteiger partial charge in [-0.25, -0.2) is 0 Å². The van der Waals surface area contributed by atoms with Crippen LogP contribution in [0.15, 0.2) is 0 Å². The zero-order valence-electron chi connectivity index (χ0n) is 9.08. The summed E-state index contributed by atoms with van der Waals surface area (Å²) < 4.78 is 0. The highest BCUT2D eigenvalue weighted by atomic mass is 16.2. The van der Waals surface area contributed by atoms with Gasteiger partial charge in [0.15, 0.2) is 0 Å². The maximum absolute atomic E-state index is 11.6. The molecule has 1 atom stereocenters. The fourth-order valence-electron chi connectivity index (χ4n) is 1.65. The van der Waals surface area contributed by atoms with E-state index in [2.05, 4.69) is 5.32 Å². The molecule has 1 unspecified atom stereocenters. The molecule has 0 saturated carbocycles. The van der Waals surface area contributed by atoms with Gasteiger partial charge < -0.3 is 5.32 Å². The Hall–Kier alpha value is -1.39. The van der Waals surface area contributed by atoms with E-state index in [-0.39, 0.29) is 30.2 Å². The van der Waals surface area contributed by atoms with Crippen LogP contribution >= 0.6 is 0 Å². The smallest absolute Gasteiger partial charge is 0.232 e. The third kappa shape index (κ3) is 2.78. The lowest BCUT2D eigenvalue weighted by Crippen LogP contribution is -2.37. The molecule has 1 N–H and O–H groups in total. The Kier molecular flexibility index (Phi) is 3.82. The maximum Gasteiger partial charge on any atom is 0.232 e. The Morgan fingerprint density at radius 2 is 2.20 bits per heavy atom. The minimum atomic E-state index is -0.158. The molecule has 5 nitrogen and oxygen atoms in total. The molecule has 0 aromatic carbocycles. The fraction of sp³-hybridized carbons (Fsp3) is 0.700. The Labute approximate surface area is 88.8 Å². The molecular weight excluding hydrogens is 196 g/mol.